The van der Waals surface area contributed by atoms with Crippen molar-refractivity contribution >= 4 is 0 Å². The first kappa shape index (κ1) is 14.2. The number of ether oxygens (including phenoxy) is 1. The maximum absolute atomic E-state index is 5.92. The molecule has 2 nitrogen and oxygen atoms in total. The van der Waals surface area contributed by atoms with Gasteiger partial charge in [-0.05, 0) is 18.6 Å². The predicted molar refractivity (Wildman–Crippen MR) is 82.5 cm³/mol. The Kier molecular flexibility index (Phi) is 5.23. The van der Waals surface area contributed by atoms with E-state index in [2.05, 4.69) is 48.5 Å². The summed E-state index contributed by atoms with van der Waals surface area (Å²) in [5, 5.41) is 3.18. The summed E-state index contributed by atoms with van der Waals surface area (Å²) >= 11 is 0. The van der Waals surface area contributed by atoms with Crippen molar-refractivity contribution < 1.29 is 4.74 Å². The quantitative estimate of drug-likeness (QED) is 0.639. The molecule has 2 aromatic carbocycles. The fraction of sp³-hybridized carbons (Fsp3) is 0.222. The van der Waals surface area contributed by atoms with Gasteiger partial charge in [0.05, 0.1) is 6.54 Å². The fourth-order valence-corrected chi connectivity index (χ4v) is 2.02. The molecule has 2 heteroatoms. The van der Waals surface area contributed by atoms with Crippen LogP contribution in [0.5, 0.6) is 5.75 Å². The van der Waals surface area contributed by atoms with Crippen molar-refractivity contribution in [2.75, 3.05) is 6.54 Å². The first-order chi connectivity index (χ1) is 9.79. The molecule has 0 bridgehead atoms. The van der Waals surface area contributed by atoms with Gasteiger partial charge in [0.15, 0.2) is 0 Å². The summed E-state index contributed by atoms with van der Waals surface area (Å²) in [6.45, 7) is 3.94. The maximum Gasteiger partial charge on any atom is 0.124 e. The zero-order valence-corrected chi connectivity index (χ0v) is 11.7. The second kappa shape index (κ2) is 7.37. The van der Waals surface area contributed by atoms with Crippen LogP contribution in [0.3, 0.4) is 0 Å². The monoisotopic (exact) mass is 265 g/mol. The van der Waals surface area contributed by atoms with E-state index in [1.54, 1.807) is 0 Å². The third-order valence-electron chi connectivity index (χ3n) is 2.99. The van der Waals surface area contributed by atoms with Crippen LogP contribution >= 0.6 is 0 Å². The van der Waals surface area contributed by atoms with Gasteiger partial charge >= 0.3 is 0 Å². The van der Waals surface area contributed by atoms with Gasteiger partial charge in [-0.25, -0.2) is 0 Å². The van der Waals surface area contributed by atoms with Gasteiger partial charge in [-0.2, -0.15) is 0 Å². The minimum Gasteiger partial charge on any atom is -0.489 e. The standard InChI is InChI=1S/C18H19NO/c1-3-11-19-13-17-9-4-5-10-18(17)20-14-16-8-6-7-15(2)12-16/h1,4-10,12,19H,11,13-14H2,2H3. The minimum atomic E-state index is 0.562. The molecule has 20 heavy (non-hydrogen) atoms. The van der Waals surface area contributed by atoms with E-state index in [9.17, 15) is 0 Å². The smallest absolute Gasteiger partial charge is 0.124 e. The molecule has 102 valence electrons. The average Bonchev–Trinajstić information content (AvgIpc) is 2.47. The van der Waals surface area contributed by atoms with Crippen molar-refractivity contribution in [1.29, 1.82) is 0 Å². The van der Waals surface area contributed by atoms with Crippen LogP contribution in [-0.2, 0) is 13.2 Å². The molecule has 0 heterocycles. The largest absolute Gasteiger partial charge is 0.489 e. The molecule has 2 rings (SSSR count). The highest BCUT2D eigenvalue weighted by molar-refractivity contribution is 5.33. The number of benzene rings is 2. The van der Waals surface area contributed by atoms with Crippen LogP contribution in [0.4, 0.5) is 0 Å². The summed E-state index contributed by atoms with van der Waals surface area (Å²) in [6.07, 6.45) is 5.24. The van der Waals surface area contributed by atoms with Crippen LogP contribution in [0, 0.1) is 19.3 Å². The van der Waals surface area contributed by atoms with Crippen molar-refractivity contribution in [2.45, 2.75) is 20.1 Å². The van der Waals surface area contributed by atoms with E-state index in [1.807, 2.05) is 18.2 Å². The summed E-state index contributed by atoms with van der Waals surface area (Å²) < 4.78 is 5.92. The number of hydrogen-bond donors (Lipinski definition) is 1. The van der Waals surface area contributed by atoms with E-state index < -0.39 is 0 Å². The number of para-hydroxylation sites is 1. The molecule has 0 fully saturated rings. The van der Waals surface area contributed by atoms with Gasteiger partial charge in [0, 0.05) is 12.1 Å². The number of aryl methyl sites for hydroxylation is 1. The highest BCUT2D eigenvalue weighted by Crippen LogP contribution is 2.19. The normalized spacial score (nSPS) is 10.0. The van der Waals surface area contributed by atoms with Gasteiger partial charge in [-0.1, -0.05) is 53.9 Å². The van der Waals surface area contributed by atoms with E-state index in [4.69, 9.17) is 11.2 Å². The molecule has 0 aliphatic heterocycles. The van der Waals surface area contributed by atoms with Gasteiger partial charge in [-0.3, -0.25) is 0 Å². The Morgan fingerprint density at radius 3 is 2.80 bits per heavy atom. The Morgan fingerprint density at radius 2 is 2.00 bits per heavy atom. The number of terminal acetylenes is 1. The molecular formula is C18H19NO. The van der Waals surface area contributed by atoms with Crippen molar-refractivity contribution in [2.24, 2.45) is 0 Å². The molecular weight excluding hydrogens is 246 g/mol. The lowest BCUT2D eigenvalue weighted by atomic mass is 10.1. The van der Waals surface area contributed by atoms with Gasteiger partial charge in [0.2, 0.25) is 0 Å². The second-order valence-electron chi connectivity index (χ2n) is 4.69. The SMILES string of the molecule is C#CCNCc1ccccc1OCc1cccc(C)c1. The fourth-order valence-electron chi connectivity index (χ4n) is 2.02. The number of nitrogens with one attached hydrogen (secondary N) is 1. The van der Waals surface area contributed by atoms with Gasteiger partial charge in [-0.15, -0.1) is 6.42 Å². The van der Waals surface area contributed by atoms with E-state index in [-0.39, 0.29) is 0 Å². The van der Waals surface area contributed by atoms with Crippen molar-refractivity contribution in [3.05, 3.63) is 65.2 Å². The van der Waals surface area contributed by atoms with E-state index in [0.717, 1.165) is 11.3 Å². The molecule has 0 atom stereocenters. The van der Waals surface area contributed by atoms with Crippen LogP contribution in [0.25, 0.3) is 0 Å². The summed E-state index contributed by atoms with van der Waals surface area (Å²) in [5.41, 5.74) is 3.54. The van der Waals surface area contributed by atoms with Gasteiger partial charge < -0.3 is 10.1 Å². The molecule has 2 aromatic rings. The average molecular weight is 265 g/mol. The van der Waals surface area contributed by atoms with Crippen LogP contribution in [0.15, 0.2) is 48.5 Å². The highest BCUT2D eigenvalue weighted by Gasteiger charge is 2.03. The van der Waals surface area contributed by atoms with E-state index >= 15 is 0 Å². The molecule has 0 unspecified atom stereocenters. The first-order valence-corrected chi connectivity index (χ1v) is 6.70. The topological polar surface area (TPSA) is 21.3 Å². The van der Waals surface area contributed by atoms with Crippen molar-refractivity contribution in [1.82, 2.24) is 5.32 Å². The van der Waals surface area contributed by atoms with Crippen LogP contribution in [0.1, 0.15) is 16.7 Å². The molecule has 0 aliphatic carbocycles. The van der Waals surface area contributed by atoms with Crippen LogP contribution in [0.2, 0.25) is 0 Å². The maximum atomic E-state index is 5.92. The van der Waals surface area contributed by atoms with Crippen molar-refractivity contribution in [3.8, 4) is 18.1 Å². The summed E-state index contributed by atoms with van der Waals surface area (Å²) in [5.74, 6) is 3.47. The Labute approximate surface area is 120 Å². The Bertz CT molecular complexity index is 598. The molecule has 0 radical (unpaired) electrons. The molecule has 0 spiro atoms. The lowest BCUT2D eigenvalue weighted by molar-refractivity contribution is 0.302. The lowest BCUT2D eigenvalue weighted by Crippen LogP contribution is -2.13. The van der Waals surface area contributed by atoms with E-state index in [0.29, 0.717) is 19.7 Å². The molecule has 0 amide bonds. The first-order valence-electron chi connectivity index (χ1n) is 6.70. The lowest BCUT2D eigenvalue weighted by Gasteiger charge is -2.12. The van der Waals surface area contributed by atoms with Crippen LogP contribution in [-0.4, -0.2) is 6.54 Å². The molecule has 1 N–H and O–H groups in total. The highest BCUT2D eigenvalue weighted by atomic mass is 16.5. The number of rotatable bonds is 6. The third-order valence-corrected chi connectivity index (χ3v) is 2.99. The van der Waals surface area contributed by atoms with Crippen LogP contribution < -0.4 is 10.1 Å². The Balaban J connectivity index is 2.00. The third kappa shape index (κ3) is 4.15. The predicted octanol–water partition coefficient (Wildman–Crippen LogP) is 3.30. The molecule has 0 saturated carbocycles. The Morgan fingerprint density at radius 1 is 1.15 bits per heavy atom. The number of hydrogen-bond acceptors (Lipinski definition) is 2. The molecule has 0 aromatic heterocycles. The Hall–Kier alpha value is -2.24. The zero-order chi connectivity index (χ0) is 14.2. The van der Waals surface area contributed by atoms with E-state index in [1.165, 1.54) is 11.1 Å². The molecule has 0 aliphatic rings. The zero-order valence-electron chi connectivity index (χ0n) is 11.7. The summed E-state index contributed by atoms with van der Waals surface area (Å²) in [7, 11) is 0. The second-order valence-corrected chi connectivity index (χ2v) is 4.69. The van der Waals surface area contributed by atoms with Gasteiger partial charge in [0.25, 0.3) is 0 Å². The minimum absolute atomic E-state index is 0.562. The summed E-state index contributed by atoms with van der Waals surface area (Å²) in [6, 6.07) is 16.4. The van der Waals surface area contributed by atoms with Crippen molar-refractivity contribution in [3.63, 3.8) is 0 Å². The summed E-state index contributed by atoms with van der Waals surface area (Å²) in [4.78, 5) is 0. The van der Waals surface area contributed by atoms with Gasteiger partial charge in [0.1, 0.15) is 12.4 Å². The molecule has 0 saturated heterocycles.